The third-order valence-electron chi connectivity index (χ3n) is 4.98. The quantitative estimate of drug-likeness (QED) is 0.437. The highest BCUT2D eigenvalue weighted by Gasteiger charge is 2.17. The minimum atomic E-state index is -3.81. The molecule has 0 heterocycles. The van der Waals surface area contributed by atoms with Crippen molar-refractivity contribution in [3.8, 4) is 11.5 Å². The molecule has 0 bridgehead atoms. The Hall–Kier alpha value is -3.59. The van der Waals surface area contributed by atoms with Crippen LogP contribution >= 0.6 is 0 Å². The van der Waals surface area contributed by atoms with Crippen molar-refractivity contribution >= 4 is 21.6 Å². The maximum atomic E-state index is 13.1. The zero-order valence-electron chi connectivity index (χ0n) is 19.2. The van der Waals surface area contributed by atoms with Gasteiger partial charge in [-0.1, -0.05) is 12.1 Å². The average molecular weight is 487 g/mol. The molecular formula is C25H27FN2O5S. The summed E-state index contributed by atoms with van der Waals surface area (Å²) >= 11 is 0. The second kappa shape index (κ2) is 11.0. The molecule has 0 aromatic heterocycles. The number of sulfonamides is 1. The fourth-order valence-corrected chi connectivity index (χ4v) is 4.36. The van der Waals surface area contributed by atoms with Gasteiger partial charge in [0.1, 0.15) is 17.3 Å². The summed E-state index contributed by atoms with van der Waals surface area (Å²) in [6.07, 6.45) is 0. The van der Waals surface area contributed by atoms with Gasteiger partial charge in [0.2, 0.25) is 0 Å². The topological polar surface area (TPSA) is 93.7 Å². The average Bonchev–Trinajstić information content (AvgIpc) is 2.80. The Morgan fingerprint density at radius 1 is 1.00 bits per heavy atom. The van der Waals surface area contributed by atoms with Crippen LogP contribution in [-0.4, -0.2) is 27.5 Å². The Morgan fingerprint density at radius 3 is 2.29 bits per heavy atom. The molecule has 0 saturated carbocycles. The van der Waals surface area contributed by atoms with Crippen molar-refractivity contribution in [1.82, 2.24) is 5.32 Å². The number of ether oxygens (including phenoxy) is 2. The second-order valence-electron chi connectivity index (χ2n) is 7.62. The summed E-state index contributed by atoms with van der Waals surface area (Å²) in [4.78, 5) is 12.3. The molecule has 1 amide bonds. The predicted molar refractivity (Wildman–Crippen MR) is 128 cm³/mol. The standard InChI is InChI=1S/C25H27FN2O5S/c1-4-32-22-11-9-21(10-12-22)28-34(30,31)23-13-14-24(17(2)15-23)33-16-25(29)27-18(3)19-5-7-20(26)8-6-19/h5-15,18,28H,4,16H2,1-3H3,(H,27,29)/t18-/m0/s1. The molecule has 1 atom stereocenters. The van der Waals surface area contributed by atoms with Crippen molar-refractivity contribution in [1.29, 1.82) is 0 Å². The maximum Gasteiger partial charge on any atom is 0.261 e. The number of hydrogen-bond donors (Lipinski definition) is 2. The molecule has 0 radical (unpaired) electrons. The molecule has 0 spiro atoms. The summed E-state index contributed by atoms with van der Waals surface area (Å²) in [5, 5.41) is 2.78. The van der Waals surface area contributed by atoms with E-state index in [9.17, 15) is 17.6 Å². The zero-order valence-corrected chi connectivity index (χ0v) is 20.0. The lowest BCUT2D eigenvalue weighted by Gasteiger charge is -2.16. The van der Waals surface area contributed by atoms with E-state index in [1.807, 2.05) is 6.92 Å². The Morgan fingerprint density at radius 2 is 1.68 bits per heavy atom. The van der Waals surface area contributed by atoms with Crippen molar-refractivity contribution in [3.63, 3.8) is 0 Å². The van der Waals surface area contributed by atoms with E-state index in [4.69, 9.17) is 9.47 Å². The van der Waals surface area contributed by atoms with Crippen LogP contribution in [0.2, 0.25) is 0 Å². The van der Waals surface area contributed by atoms with Crippen LogP contribution in [0.15, 0.2) is 71.6 Å². The molecule has 180 valence electrons. The SMILES string of the molecule is CCOc1ccc(NS(=O)(=O)c2ccc(OCC(=O)N[C@@H](C)c3ccc(F)cc3)c(C)c2)cc1. The summed E-state index contributed by atoms with van der Waals surface area (Å²) in [6.45, 7) is 5.63. The maximum absolute atomic E-state index is 13.1. The summed E-state index contributed by atoms with van der Waals surface area (Å²) in [5.74, 6) is 0.342. The minimum Gasteiger partial charge on any atom is -0.494 e. The van der Waals surface area contributed by atoms with Crippen LogP contribution < -0.4 is 19.5 Å². The highest BCUT2D eigenvalue weighted by molar-refractivity contribution is 7.92. The normalized spacial score (nSPS) is 12.0. The number of halogens is 1. The lowest BCUT2D eigenvalue weighted by Crippen LogP contribution is -2.31. The largest absolute Gasteiger partial charge is 0.494 e. The van der Waals surface area contributed by atoms with Gasteiger partial charge in [-0.25, -0.2) is 12.8 Å². The molecule has 0 aliphatic heterocycles. The van der Waals surface area contributed by atoms with Crippen LogP contribution in [-0.2, 0) is 14.8 Å². The van der Waals surface area contributed by atoms with Gasteiger partial charge in [-0.05, 0) is 86.5 Å². The van der Waals surface area contributed by atoms with Crippen molar-refractivity contribution in [3.05, 3.63) is 83.7 Å². The smallest absolute Gasteiger partial charge is 0.261 e. The predicted octanol–water partition coefficient (Wildman–Crippen LogP) is 4.59. The molecule has 0 aliphatic carbocycles. The van der Waals surface area contributed by atoms with Crippen LogP contribution in [0.5, 0.6) is 11.5 Å². The molecule has 0 saturated heterocycles. The second-order valence-corrected chi connectivity index (χ2v) is 9.30. The lowest BCUT2D eigenvalue weighted by molar-refractivity contribution is -0.123. The van der Waals surface area contributed by atoms with Gasteiger partial charge in [-0.15, -0.1) is 0 Å². The van der Waals surface area contributed by atoms with Crippen molar-refractivity contribution in [2.24, 2.45) is 0 Å². The molecule has 0 unspecified atom stereocenters. The van der Waals surface area contributed by atoms with Gasteiger partial charge in [-0.3, -0.25) is 9.52 Å². The van der Waals surface area contributed by atoms with Crippen LogP contribution in [0.1, 0.15) is 31.0 Å². The van der Waals surface area contributed by atoms with Gasteiger partial charge in [0, 0.05) is 5.69 Å². The van der Waals surface area contributed by atoms with Crippen molar-refractivity contribution in [2.75, 3.05) is 17.9 Å². The Balaban J connectivity index is 1.59. The number of amides is 1. The summed E-state index contributed by atoms with van der Waals surface area (Å²) in [6, 6.07) is 16.6. The number of carbonyl (C=O) groups excluding carboxylic acids is 1. The first kappa shape index (κ1) is 25.0. The molecule has 3 aromatic carbocycles. The van der Waals surface area contributed by atoms with E-state index in [0.717, 1.165) is 5.56 Å². The molecule has 34 heavy (non-hydrogen) atoms. The van der Waals surface area contributed by atoms with Crippen LogP contribution in [0, 0.1) is 12.7 Å². The number of benzene rings is 3. The zero-order chi connectivity index (χ0) is 24.7. The minimum absolute atomic E-state index is 0.0700. The summed E-state index contributed by atoms with van der Waals surface area (Å²) in [7, 11) is -3.81. The van der Waals surface area contributed by atoms with Gasteiger partial charge in [0.05, 0.1) is 17.5 Å². The van der Waals surface area contributed by atoms with Gasteiger partial charge in [0.25, 0.3) is 15.9 Å². The summed E-state index contributed by atoms with van der Waals surface area (Å²) in [5.41, 5.74) is 1.74. The number of hydrogen-bond acceptors (Lipinski definition) is 5. The van der Waals surface area contributed by atoms with E-state index in [0.29, 0.717) is 29.4 Å². The molecular weight excluding hydrogens is 459 g/mol. The number of nitrogens with one attached hydrogen (secondary N) is 2. The number of aryl methyl sites for hydroxylation is 1. The molecule has 2 N–H and O–H groups in total. The molecule has 3 aromatic rings. The Bertz CT molecular complexity index is 1230. The molecule has 9 heteroatoms. The van der Waals surface area contributed by atoms with E-state index < -0.39 is 10.0 Å². The summed E-state index contributed by atoms with van der Waals surface area (Å²) < 4.78 is 52.0. The van der Waals surface area contributed by atoms with Gasteiger partial charge in [-0.2, -0.15) is 0 Å². The van der Waals surface area contributed by atoms with Crippen molar-refractivity contribution < 1.29 is 27.1 Å². The number of anilines is 1. The van der Waals surface area contributed by atoms with Gasteiger partial charge in [0.15, 0.2) is 6.61 Å². The van der Waals surface area contributed by atoms with Gasteiger partial charge >= 0.3 is 0 Å². The third kappa shape index (κ3) is 6.71. The fraction of sp³-hybridized carbons (Fsp3) is 0.240. The van der Waals surface area contributed by atoms with Gasteiger partial charge < -0.3 is 14.8 Å². The molecule has 7 nitrogen and oxygen atoms in total. The third-order valence-corrected chi connectivity index (χ3v) is 6.36. The first-order valence-electron chi connectivity index (χ1n) is 10.7. The molecule has 0 fully saturated rings. The van der Waals surface area contributed by atoms with E-state index in [-0.39, 0.29) is 29.3 Å². The highest BCUT2D eigenvalue weighted by Crippen LogP contribution is 2.24. The lowest BCUT2D eigenvalue weighted by atomic mass is 10.1. The van der Waals surface area contributed by atoms with E-state index in [1.165, 1.54) is 30.3 Å². The number of rotatable bonds is 10. The first-order chi connectivity index (χ1) is 16.2. The van der Waals surface area contributed by atoms with E-state index in [1.54, 1.807) is 50.2 Å². The fourth-order valence-electron chi connectivity index (χ4n) is 3.21. The van der Waals surface area contributed by atoms with E-state index >= 15 is 0 Å². The van der Waals surface area contributed by atoms with Crippen LogP contribution in [0.4, 0.5) is 10.1 Å². The van der Waals surface area contributed by atoms with E-state index in [2.05, 4.69) is 10.0 Å². The Labute approximate surface area is 199 Å². The highest BCUT2D eigenvalue weighted by atomic mass is 32.2. The molecule has 0 aliphatic rings. The van der Waals surface area contributed by atoms with Crippen molar-refractivity contribution in [2.45, 2.75) is 31.7 Å². The molecule has 3 rings (SSSR count). The van der Waals surface area contributed by atoms with Crippen LogP contribution in [0.3, 0.4) is 0 Å². The monoisotopic (exact) mass is 486 g/mol. The first-order valence-corrected chi connectivity index (χ1v) is 12.2. The number of carbonyl (C=O) groups is 1. The Kier molecular flexibility index (Phi) is 8.12. The van der Waals surface area contributed by atoms with Crippen LogP contribution in [0.25, 0.3) is 0 Å².